The predicted octanol–water partition coefficient (Wildman–Crippen LogP) is 3.52. The van der Waals surface area contributed by atoms with Crippen molar-refractivity contribution in [3.8, 4) is 0 Å². The van der Waals surface area contributed by atoms with Gasteiger partial charge in [-0.1, -0.05) is 17.7 Å². The van der Waals surface area contributed by atoms with Crippen molar-refractivity contribution in [2.24, 2.45) is 0 Å². The summed E-state index contributed by atoms with van der Waals surface area (Å²) in [6, 6.07) is 5.45. The zero-order valence-corrected chi connectivity index (χ0v) is 11.6. The largest absolute Gasteiger partial charge is 0.449 e. The Kier molecular flexibility index (Phi) is 4.22. The molecule has 0 saturated heterocycles. The molecular weight excluding hydrogens is 264 g/mol. The van der Waals surface area contributed by atoms with E-state index in [-0.39, 0.29) is 5.91 Å². The zero-order chi connectivity index (χ0) is 13.8. The first-order chi connectivity index (χ1) is 9.04. The van der Waals surface area contributed by atoms with Gasteiger partial charge in [-0.3, -0.25) is 4.79 Å². The van der Waals surface area contributed by atoms with Crippen molar-refractivity contribution in [1.29, 1.82) is 0 Å². The molecule has 1 aromatic heterocycles. The minimum absolute atomic E-state index is 0.0689. The van der Waals surface area contributed by atoms with Crippen LogP contribution in [0, 0.1) is 13.8 Å². The molecule has 4 nitrogen and oxygen atoms in total. The second-order valence-electron chi connectivity index (χ2n) is 4.37. The Bertz CT molecular complexity index is 593. The molecule has 2 aromatic rings. The molecular formula is C14H15ClN2O2. The molecule has 1 aromatic carbocycles. The Labute approximate surface area is 116 Å². The van der Waals surface area contributed by atoms with Gasteiger partial charge in [-0.2, -0.15) is 0 Å². The number of nitrogens with one attached hydrogen (secondary N) is 1. The number of benzene rings is 1. The summed E-state index contributed by atoms with van der Waals surface area (Å²) in [6.45, 7) is 3.69. The third-order valence-corrected chi connectivity index (χ3v) is 3.14. The van der Waals surface area contributed by atoms with E-state index in [0.717, 1.165) is 11.3 Å². The number of aryl methyl sites for hydroxylation is 3. The molecule has 0 bridgehead atoms. The summed E-state index contributed by atoms with van der Waals surface area (Å²) in [7, 11) is 0. The van der Waals surface area contributed by atoms with Gasteiger partial charge in [0, 0.05) is 30.5 Å². The molecule has 0 aliphatic rings. The average molecular weight is 279 g/mol. The normalized spacial score (nSPS) is 10.5. The van der Waals surface area contributed by atoms with Crippen LogP contribution in [0.1, 0.15) is 23.6 Å². The standard InChI is InChI=1S/C14H15ClN2O2/c1-9-3-4-11(7-13(9)15)17-14(18)6-5-12-8-19-10(2)16-12/h3-4,7-8H,5-6H2,1-2H3,(H,17,18). The second kappa shape index (κ2) is 5.89. The van der Waals surface area contributed by atoms with E-state index < -0.39 is 0 Å². The van der Waals surface area contributed by atoms with Crippen molar-refractivity contribution in [2.45, 2.75) is 26.7 Å². The van der Waals surface area contributed by atoms with Crippen molar-refractivity contribution in [2.75, 3.05) is 5.32 Å². The molecule has 2 rings (SSSR count). The lowest BCUT2D eigenvalue weighted by atomic mass is 10.2. The molecule has 0 aliphatic carbocycles. The molecule has 0 unspecified atom stereocenters. The lowest BCUT2D eigenvalue weighted by Crippen LogP contribution is -2.12. The lowest BCUT2D eigenvalue weighted by Gasteiger charge is -2.06. The van der Waals surface area contributed by atoms with Gasteiger partial charge in [0.25, 0.3) is 0 Å². The van der Waals surface area contributed by atoms with Crippen LogP contribution in [0.3, 0.4) is 0 Å². The highest BCUT2D eigenvalue weighted by Gasteiger charge is 2.06. The first-order valence-corrected chi connectivity index (χ1v) is 6.39. The Morgan fingerprint density at radius 2 is 2.21 bits per heavy atom. The summed E-state index contributed by atoms with van der Waals surface area (Å²) >= 11 is 6.00. The summed E-state index contributed by atoms with van der Waals surface area (Å²) < 4.78 is 5.08. The minimum Gasteiger partial charge on any atom is -0.449 e. The molecule has 0 saturated carbocycles. The maximum atomic E-state index is 11.8. The van der Waals surface area contributed by atoms with Gasteiger partial charge >= 0.3 is 0 Å². The fourth-order valence-corrected chi connectivity index (χ4v) is 1.84. The molecule has 1 heterocycles. The van der Waals surface area contributed by atoms with E-state index in [2.05, 4.69) is 10.3 Å². The molecule has 19 heavy (non-hydrogen) atoms. The van der Waals surface area contributed by atoms with Gasteiger partial charge in [-0.05, 0) is 24.6 Å². The molecule has 100 valence electrons. The number of nitrogens with zero attached hydrogens (tertiary/aromatic N) is 1. The van der Waals surface area contributed by atoms with Crippen molar-refractivity contribution in [3.63, 3.8) is 0 Å². The molecule has 0 spiro atoms. The number of aromatic nitrogens is 1. The first kappa shape index (κ1) is 13.6. The molecule has 5 heteroatoms. The minimum atomic E-state index is -0.0689. The quantitative estimate of drug-likeness (QED) is 0.931. The van der Waals surface area contributed by atoms with Crippen LogP contribution < -0.4 is 5.32 Å². The fraction of sp³-hybridized carbons (Fsp3) is 0.286. The van der Waals surface area contributed by atoms with Gasteiger partial charge < -0.3 is 9.73 Å². The van der Waals surface area contributed by atoms with Gasteiger partial charge in [0.15, 0.2) is 5.89 Å². The summed E-state index contributed by atoms with van der Waals surface area (Å²) in [4.78, 5) is 15.9. The van der Waals surface area contributed by atoms with E-state index in [4.69, 9.17) is 16.0 Å². The summed E-state index contributed by atoms with van der Waals surface area (Å²) in [5.41, 5.74) is 2.48. The highest BCUT2D eigenvalue weighted by atomic mass is 35.5. The van der Waals surface area contributed by atoms with Crippen LogP contribution in [0.4, 0.5) is 5.69 Å². The number of rotatable bonds is 4. The number of halogens is 1. The van der Waals surface area contributed by atoms with E-state index >= 15 is 0 Å². The Balaban J connectivity index is 1.88. The monoisotopic (exact) mass is 278 g/mol. The third-order valence-electron chi connectivity index (χ3n) is 2.73. The van der Waals surface area contributed by atoms with Crippen LogP contribution in [-0.4, -0.2) is 10.9 Å². The van der Waals surface area contributed by atoms with Crippen molar-refractivity contribution in [3.05, 3.63) is 46.6 Å². The Morgan fingerprint density at radius 3 is 2.84 bits per heavy atom. The smallest absolute Gasteiger partial charge is 0.224 e. The van der Waals surface area contributed by atoms with Gasteiger partial charge in [0.1, 0.15) is 6.26 Å². The summed E-state index contributed by atoms with van der Waals surface area (Å²) in [6.07, 6.45) is 2.49. The van der Waals surface area contributed by atoms with Crippen molar-refractivity contribution >= 4 is 23.2 Å². The highest BCUT2D eigenvalue weighted by Crippen LogP contribution is 2.20. The predicted molar refractivity (Wildman–Crippen MR) is 74.4 cm³/mol. The maximum Gasteiger partial charge on any atom is 0.224 e. The van der Waals surface area contributed by atoms with E-state index in [9.17, 15) is 4.79 Å². The molecule has 1 amide bonds. The summed E-state index contributed by atoms with van der Waals surface area (Å²) in [5, 5.41) is 3.45. The number of hydrogen-bond donors (Lipinski definition) is 1. The highest BCUT2D eigenvalue weighted by molar-refractivity contribution is 6.31. The van der Waals surface area contributed by atoms with E-state index in [1.807, 2.05) is 19.1 Å². The number of amides is 1. The van der Waals surface area contributed by atoms with Crippen molar-refractivity contribution in [1.82, 2.24) is 4.98 Å². The maximum absolute atomic E-state index is 11.8. The number of carbonyl (C=O) groups excluding carboxylic acids is 1. The van der Waals surface area contributed by atoms with Crippen LogP contribution in [0.2, 0.25) is 5.02 Å². The molecule has 0 fully saturated rings. The van der Waals surface area contributed by atoms with Crippen LogP contribution >= 0.6 is 11.6 Å². The lowest BCUT2D eigenvalue weighted by molar-refractivity contribution is -0.116. The van der Waals surface area contributed by atoms with Gasteiger partial charge in [-0.25, -0.2) is 4.98 Å². The number of oxazole rings is 1. The molecule has 0 atom stereocenters. The van der Waals surface area contributed by atoms with Crippen LogP contribution in [-0.2, 0) is 11.2 Å². The van der Waals surface area contributed by atoms with E-state index in [0.29, 0.717) is 29.4 Å². The zero-order valence-electron chi connectivity index (χ0n) is 10.9. The second-order valence-corrected chi connectivity index (χ2v) is 4.78. The van der Waals surface area contributed by atoms with E-state index in [1.54, 1.807) is 19.3 Å². The van der Waals surface area contributed by atoms with Crippen molar-refractivity contribution < 1.29 is 9.21 Å². The van der Waals surface area contributed by atoms with Crippen LogP contribution in [0.5, 0.6) is 0 Å². The van der Waals surface area contributed by atoms with Gasteiger partial charge in [0.2, 0.25) is 5.91 Å². The molecule has 1 N–H and O–H groups in total. The fourth-order valence-electron chi connectivity index (χ4n) is 1.66. The summed E-state index contributed by atoms with van der Waals surface area (Å²) in [5.74, 6) is 0.543. The topological polar surface area (TPSA) is 55.1 Å². The SMILES string of the molecule is Cc1nc(CCC(=O)Nc2ccc(C)c(Cl)c2)co1. The Hall–Kier alpha value is -1.81. The third kappa shape index (κ3) is 3.83. The molecule has 0 aliphatic heterocycles. The average Bonchev–Trinajstić information content (AvgIpc) is 2.77. The van der Waals surface area contributed by atoms with Crippen LogP contribution in [0.25, 0.3) is 0 Å². The Morgan fingerprint density at radius 1 is 1.42 bits per heavy atom. The number of anilines is 1. The van der Waals surface area contributed by atoms with Crippen LogP contribution in [0.15, 0.2) is 28.9 Å². The number of hydrogen-bond acceptors (Lipinski definition) is 3. The van der Waals surface area contributed by atoms with Gasteiger partial charge in [0.05, 0.1) is 5.69 Å². The van der Waals surface area contributed by atoms with Gasteiger partial charge in [-0.15, -0.1) is 0 Å². The number of carbonyl (C=O) groups is 1. The first-order valence-electron chi connectivity index (χ1n) is 6.01. The molecule has 0 radical (unpaired) electrons. The van der Waals surface area contributed by atoms with E-state index in [1.165, 1.54) is 0 Å².